The summed E-state index contributed by atoms with van der Waals surface area (Å²) in [6, 6.07) is 5.97. The zero-order chi connectivity index (χ0) is 13.0. The summed E-state index contributed by atoms with van der Waals surface area (Å²) >= 11 is 0. The second-order valence-electron chi connectivity index (χ2n) is 5.40. The van der Waals surface area contributed by atoms with Gasteiger partial charge in [0.2, 0.25) is 0 Å². The lowest BCUT2D eigenvalue weighted by Gasteiger charge is -2.30. The molecule has 0 aliphatic heterocycles. The predicted molar refractivity (Wildman–Crippen MR) is 73.8 cm³/mol. The van der Waals surface area contributed by atoms with Crippen molar-refractivity contribution in [3.63, 3.8) is 0 Å². The maximum Gasteiger partial charge on any atom is 0.128 e. The Morgan fingerprint density at radius 3 is 2.89 bits per heavy atom. The molecule has 1 aromatic carbocycles. The van der Waals surface area contributed by atoms with Crippen molar-refractivity contribution in [1.29, 1.82) is 0 Å². The normalized spacial score (nSPS) is 23.9. The van der Waals surface area contributed by atoms with Gasteiger partial charge < -0.3 is 9.84 Å². The second-order valence-corrected chi connectivity index (χ2v) is 5.40. The van der Waals surface area contributed by atoms with Gasteiger partial charge in [0.05, 0.1) is 12.7 Å². The number of para-hydroxylation sites is 1. The third-order valence-corrected chi connectivity index (χ3v) is 4.06. The van der Waals surface area contributed by atoms with Gasteiger partial charge in [-0.15, -0.1) is 0 Å². The minimum Gasteiger partial charge on any atom is -0.490 e. The molecule has 1 aliphatic carbocycles. The van der Waals surface area contributed by atoms with Crippen LogP contribution in [0, 0.1) is 12.8 Å². The highest BCUT2D eigenvalue weighted by atomic mass is 16.5. The summed E-state index contributed by atoms with van der Waals surface area (Å²) in [5, 5.41) is 9.39. The molecule has 2 nitrogen and oxygen atoms in total. The van der Waals surface area contributed by atoms with Crippen LogP contribution in [0.1, 0.15) is 50.2 Å². The van der Waals surface area contributed by atoms with Gasteiger partial charge in [-0.2, -0.15) is 0 Å². The van der Waals surface area contributed by atoms with Crippen molar-refractivity contribution in [3.05, 3.63) is 29.3 Å². The number of ether oxygens (including phenoxy) is 1. The van der Waals surface area contributed by atoms with Gasteiger partial charge in [0.1, 0.15) is 5.75 Å². The monoisotopic (exact) mass is 248 g/mol. The molecule has 2 atom stereocenters. The van der Waals surface area contributed by atoms with E-state index in [-0.39, 0.29) is 6.61 Å². The molecule has 0 bridgehead atoms. The smallest absolute Gasteiger partial charge is 0.128 e. The molecule has 2 rings (SSSR count). The third kappa shape index (κ3) is 3.05. The highest BCUT2D eigenvalue weighted by molar-refractivity contribution is 5.40. The van der Waals surface area contributed by atoms with Crippen molar-refractivity contribution in [2.45, 2.75) is 58.7 Å². The first kappa shape index (κ1) is 13.4. The number of benzene rings is 1. The van der Waals surface area contributed by atoms with Gasteiger partial charge in [0, 0.05) is 5.56 Å². The summed E-state index contributed by atoms with van der Waals surface area (Å²) in [5.41, 5.74) is 2.04. The van der Waals surface area contributed by atoms with Crippen LogP contribution in [0.2, 0.25) is 0 Å². The molecule has 2 unspecified atom stereocenters. The molecule has 0 saturated heterocycles. The summed E-state index contributed by atoms with van der Waals surface area (Å²) in [6.07, 6.45) is 6.50. The molecule has 18 heavy (non-hydrogen) atoms. The predicted octanol–water partition coefficient (Wildman–Crippen LogP) is 3.83. The average molecular weight is 248 g/mol. The molecule has 0 radical (unpaired) electrons. The van der Waals surface area contributed by atoms with Crippen molar-refractivity contribution >= 4 is 0 Å². The number of rotatable bonds is 4. The molecule has 1 aliphatic rings. The fourth-order valence-electron chi connectivity index (χ4n) is 2.89. The molecule has 1 saturated carbocycles. The Morgan fingerprint density at radius 2 is 2.17 bits per heavy atom. The molecule has 2 heteroatoms. The summed E-state index contributed by atoms with van der Waals surface area (Å²) in [4.78, 5) is 0. The van der Waals surface area contributed by atoms with Crippen LogP contribution in [0.3, 0.4) is 0 Å². The topological polar surface area (TPSA) is 29.5 Å². The zero-order valence-electron chi connectivity index (χ0n) is 11.5. The molecule has 0 spiro atoms. The Bertz CT molecular complexity index is 387. The van der Waals surface area contributed by atoms with E-state index in [2.05, 4.69) is 19.9 Å². The van der Waals surface area contributed by atoms with Crippen LogP contribution >= 0.6 is 0 Å². The highest BCUT2D eigenvalue weighted by Gasteiger charge is 2.23. The third-order valence-electron chi connectivity index (χ3n) is 4.06. The van der Waals surface area contributed by atoms with Gasteiger partial charge in [0.25, 0.3) is 0 Å². The average Bonchev–Trinajstić information content (AvgIpc) is 2.41. The van der Waals surface area contributed by atoms with Crippen LogP contribution in [0.25, 0.3) is 0 Å². The lowest BCUT2D eigenvalue weighted by atomic mass is 9.85. The van der Waals surface area contributed by atoms with E-state index < -0.39 is 0 Å². The highest BCUT2D eigenvalue weighted by Crippen LogP contribution is 2.32. The van der Waals surface area contributed by atoms with Gasteiger partial charge in [-0.1, -0.05) is 38.0 Å². The van der Waals surface area contributed by atoms with Crippen LogP contribution in [0.4, 0.5) is 0 Å². The standard InChI is InChI=1S/C16H24O2/c1-3-13-7-5-9-15(10-13)18-16-12(2)6-4-8-14(16)11-17/h4,6,8,13,15,17H,3,5,7,9-11H2,1-2H3. The second kappa shape index (κ2) is 6.24. The Kier molecular flexibility index (Phi) is 4.65. The summed E-state index contributed by atoms with van der Waals surface area (Å²) in [7, 11) is 0. The van der Waals surface area contributed by atoms with E-state index in [0.717, 1.165) is 35.6 Å². The summed E-state index contributed by atoms with van der Waals surface area (Å²) in [5.74, 6) is 1.71. The summed E-state index contributed by atoms with van der Waals surface area (Å²) in [6.45, 7) is 4.37. The van der Waals surface area contributed by atoms with E-state index in [9.17, 15) is 5.11 Å². The largest absolute Gasteiger partial charge is 0.490 e. The van der Waals surface area contributed by atoms with Crippen LogP contribution in [-0.4, -0.2) is 11.2 Å². The minimum atomic E-state index is 0.0565. The number of aryl methyl sites for hydroxylation is 1. The van der Waals surface area contributed by atoms with E-state index in [0.29, 0.717) is 6.10 Å². The van der Waals surface area contributed by atoms with Crippen molar-refractivity contribution < 1.29 is 9.84 Å². The quantitative estimate of drug-likeness (QED) is 0.877. The fourth-order valence-corrected chi connectivity index (χ4v) is 2.89. The van der Waals surface area contributed by atoms with Crippen LogP contribution in [0.5, 0.6) is 5.75 Å². The number of aliphatic hydroxyl groups is 1. The molecule has 0 amide bonds. The van der Waals surface area contributed by atoms with E-state index in [4.69, 9.17) is 4.74 Å². The number of hydrogen-bond acceptors (Lipinski definition) is 2. The SMILES string of the molecule is CCC1CCCC(Oc2c(C)cccc2CO)C1. The first-order chi connectivity index (χ1) is 8.74. The van der Waals surface area contributed by atoms with E-state index in [1.54, 1.807) is 0 Å². The maximum absolute atomic E-state index is 9.39. The molecule has 0 heterocycles. The zero-order valence-corrected chi connectivity index (χ0v) is 11.5. The first-order valence-corrected chi connectivity index (χ1v) is 7.10. The number of aliphatic hydroxyl groups excluding tert-OH is 1. The Balaban J connectivity index is 2.09. The molecular weight excluding hydrogens is 224 g/mol. The van der Waals surface area contributed by atoms with Crippen molar-refractivity contribution in [1.82, 2.24) is 0 Å². The van der Waals surface area contributed by atoms with Gasteiger partial charge >= 0.3 is 0 Å². The Labute approximate surface area is 110 Å². The minimum absolute atomic E-state index is 0.0565. The van der Waals surface area contributed by atoms with Crippen LogP contribution in [-0.2, 0) is 6.61 Å². The van der Waals surface area contributed by atoms with Gasteiger partial charge in [-0.05, 0) is 37.7 Å². The molecule has 100 valence electrons. The molecule has 1 N–H and O–H groups in total. The molecular formula is C16H24O2. The van der Waals surface area contributed by atoms with Gasteiger partial charge in [0.15, 0.2) is 0 Å². The number of hydrogen-bond donors (Lipinski definition) is 1. The molecule has 1 aromatic rings. The molecule has 1 fully saturated rings. The van der Waals surface area contributed by atoms with E-state index in [1.807, 2.05) is 12.1 Å². The van der Waals surface area contributed by atoms with Crippen LogP contribution in [0.15, 0.2) is 18.2 Å². The first-order valence-electron chi connectivity index (χ1n) is 7.10. The maximum atomic E-state index is 9.39. The Morgan fingerprint density at radius 1 is 1.33 bits per heavy atom. The van der Waals surface area contributed by atoms with Crippen molar-refractivity contribution in [2.24, 2.45) is 5.92 Å². The van der Waals surface area contributed by atoms with Crippen LogP contribution < -0.4 is 4.74 Å². The fraction of sp³-hybridized carbons (Fsp3) is 0.625. The van der Waals surface area contributed by atoms with Gasteiger partial charge in [-0.25, -0.2) is 0 Å². The van der Waals surface area contributed by atoms with Gasteiger partial charge in [-0.3, -0.25) is 0 Å². The molecule has 0 aromatic heterocycles. The summed E-state index contributed by atoms with van der Waals surface area (Å²) < 4.78 is 6.18. The van der Waals surface area contributed by atoms with Crippen molar-refractivity contribution in [2.75, 3.05) is 0 Å². The Hall–Kier alpha value is -1.02. The lowest BCUT2D eigenvalue weighted by molar-refractivity contribution is 0.118. The van der Waals surface area contributed by atoms with E-state index in [1.165, 1.54) is 19.3 Å². The van der Waals surface area contributed by atoms with E-state index >= 15 is 0 Å². The lowest BCUT2D eigenvalue weighted by Crippen LogP contribution is -2.25. The van der Waals surface area contributed by atoms with Crippen molar-refractivity contribution in [3.8, 4) is 5.75 Å².